The number of aromatic nitrogens is 2. The number of aromatic amines is 2. The van der Waals surface area contributed by atoms with Gasteiger partial charge in [-0.3, -0.25) is 0 Å². The largest absolute Gasteiger partial charge is 0.354 e. The highest BCUT2D eigenvalue weighted by Crippen LogP contribution is 2.32. The Balaban J connectivity index is 0.000000396. The molecule has 0 fully saturated rings. The summed E-state index contributed by atoms with van der Waals surface area (Å²) in [5, 5.41) is 5.12. The molecule has 2 heteroatoms. The molecule has 2 nitrogen and oxygen atoms in total. The van der Waals surface area contributed by atoms with Crippen molar-refractivity contribution in [2.45, 2.75) is 27.7 Å². The molecule has 24 heavy (non-hydrogen) atoms. The standard InChI is InChI=1S/C18H12N2.2C2H6/c1-3-7-15-11(5-1)13-9-18-14(10-17(13)19-15)12-6-2-4-8-16(12)20-18;2*1-2/h1-10,19-20H;2*1-2H3. The number of benzene rings is 3. The highest BCUT2D eigenvalue weighted by atomic mass is 14.7. The SMILES string of the molecule is CC.CC.c1ccc2c(c1)[nH]c1cc3c(cc12)[nH]c1ccccc13. The van der Waals surface area contributed by atoms with Crippen molar-refractivity contribution in [2.24, 2.45) is 0 Å². The van der Waals surface area contributed by atoms with Gasteiger partial charge >= 0.3 is 0 Å². The molecule has 0 radical (unpaired) electrons. The van der Waals surface area contributed by atoms with Crippen molar-refractivity contribution in [2.75, 3.05) is 0 Å². The number of H-pyrrole nitrogens is 2. The van der Waals surface area contributed by atoms with Gasteiger partial charge in [-0.05, 0) is 24.3 Å². The van der Waals surface area contributed by atoms with Gasteiger partial charge in [-0.25, -0.2) is 0 Å². The van der Waals surface area contributed by atoms with Gasteiger partial charge in [0.2, 0.25) is 0 Å². The van der Waals surface area contributed by atoms with Gasteiger partial charge in [0.05, 0.1) is 0 Å². The zero-order valence-electron chi connectivity index (χ0n) is 14.8. The van der Waals surface area contributed by atoms with E-state index >= 15 is 0 Å². The number of rotatable bonds is 0. The smallest absolute Gasteiger partial charge is 0.0472 e. The lowest BCUT2D eigenvalue weighted by atomic mass is 10.1. The van der Waals surface area contributed by atoms with Crippen molar-refractivity contribution in [3.05, 3.63) is 60.7 Å². The molecule has 5 aromatic rings. The summed E-state index contributed by atoms with van der Waals surface area (Å²) in [6, 6.07) is 21.4. The van der Waals surface area contributed by atoms with Crippen LogP contribution in [0.5, 0.6) is 0 Å². The minimum absolute atomic E-state index is 1.19. The quantitative estimate of drug-likeness (QED) is 0.308. The Bertz CT molecular complexity index is 1010. The van der Waals surface area contributed by atoms with Gasteiger partial charge in [-0.15, -0.1) is 0 Å². The predicted molar refractivity (Wildman–Crippen MR) is 108 cm³/mol. The third-order valence-corrected chi connectivity index (χ3v) is 4.13. The molecular weight excluding hydrogens is 292 g/mol. The first-order valence-corrected chi connectivity index (χ1v) is 8.81. The van der Waals surface area contributed by atoms with Crippen molar-refractivity contribution in [3.63, 3.8) is 0 Å². The molecule has 0 saturated heterocycles. The topological polar surface area (TPSA) is 31.6 Å². The van der Waals surface area contributed by atoms with Gasteiger partial charge in [0.25, 0.3) is 0 Å². The summed E-state index contributed by atoms with van der Waals surface area (Å²) >= 11 is 0. The fraction of sp³-hybridized carbons (Fsp3) is 0.182. The lowest BCUT2D eigenvalue weighted by molar-refractivity contribution is 1.50. The predicted octanol–water partition coefficient (Wildman–Crippen LogP) is 7.01. The van der Waals surface area contributed by atoms with Crippen LogP contribution < -0.4 is 0 Å². The Morgan fingerprint density at radius 2 is 0.833 bits per heavy atom. The van der Waals surface area contributed by atoms with E-state index in [9.17, 15) is 0 Å². The molecule has 0 amide bonds. The fourth-order valence-electron chi connectivity index (χ4n) is 3.20. The van der Waals surface area contributed by atoms with Crippen LogP contribution in [0.25, 0.3) is 43.6 Å². The molecule has 0 atom stereocenters. The Hall–Kier alpha value is -2.74. The second kappa shape index (κ2) is 6.79. The molecule has 0 saturated carbocycles. The Morgan fingerprint density at radius 3 is 1.25 bits per heavy atom. The van der Waals surface area contributed by atoms with E-state index in [1.165, 1.54) is 43.6 Å². The number of hydrogen-bond acceptors (Lipinski definition) is 0. The Labute approximate surface area is 142 Å². The monoisotopic (exact) mass is 316 g/mol. The number of para-hydroxylation sites is 2. The van der Waals surface area contributed by atoms with Crippen molar-refractivity contribution < 1.29 is 0 Å². The average Bonchev–Trinajstić information content (AvgIpc) is 3.20. The molecule has 2 heterocycles. The molecule has 0 aliphatic heterocycles. The van der Waals surface area contributed by atoms with E-state index in [0.29, 0.717) is 0 Å². The van der Waals surface area contributed by atoms with E-state index in [1.54, 1.807) is 0 Å². The molecule has 5 rings (SSSR count). The van der Waals surface area contributed by atoms with E-state index in [0.717, 1.165) is 0 Å². The van der Waals surface area contributed by atoms with Crippen LogP contribution in [0.2, 0.25) is 0 Å². The molecule has 0 aliphatic rings. The third kappa shape index (κ3) is 2.44. The first-order chi connectivity index (χ1) is 11.9. The highest BCUT2D eigenvalue weighted by Gasteiger charge is 2.08. The van der Waals surface area contributed by atoms with Crippen LogP contribution in [-0.4, -0.2) is 9.97 Å². The molecule has 0 bridgehead atoms. The maximum absolute atomic E-state index is 3.51. The Morgan fingerprint density at radius 1 is 0.458 bits per heavy atom. The Kier molecular flexibility index (Phi) is 4.57. The number of fused-ring (bicyclic) bond motifs is 6. The fourth-order valence-corrected chi connectivity index (χ4v) is 3.20. The van der Waals surface area contributed by atoms with Gasteiger partial charge in [-0.1, -0.05) is 64.1 Å². The van der Waals surface area contributed by atoms with Crippen molar-refractivity contribution in [1.82, 2.24) is 9.97 Å². The van der Waals surface area contributed by atoms with E-state index in [-0.39, 0.29) is 0 Å². The van der Waals surface area contributed by atoms with Crippen LogP contribution >= 0.6 is 0 Å². The minimum atomic E-state index is 1.19. The zero-order valence-corrected chi connectivity index (χ0v) is 14.8. The van der Waals surface area contributed by atoms with E-state index < -0.39 is 0 Å². The number of hydrogen-bond donors (Lipinski definition) is 2. The summed E-state index contributed by atoms with van der Waals surface area (Å²) in [5.41, 5.74) is 4.78. The molecule has 0 unspecified atom stereocenters. The lowest BCUT2D eigenvalue weighted by Crippen LogP contribution is -1.70. The van der Waals surface area contributed by atoms with Gasteiger partial charge in [-0.2, -0.15) is 0 Å². The lowest BCUT2D eigenvalue weighted by Gasteiger charge is -1.93. The van der Waals surface area contributed by atoms with E-state index in [4.69, 9.17) is 0 Å². The minimum Gasteiger partial charge on any atom is -0.354 e. The van der Waals surface area contributed by atoms with Crippen LogP contribution in [0.3, 0.4) is 0 Å². The van der Waals surface area contributed by atoms with Gasteiger partial charge < -0.3 is 9.97 Å². The first-order valence-electron chi connectivity index (χ1n) is 8.81. The summed E-state index contributed by atoms with van der Waals surface area (Å²) in [5.74, 6) is 0. The summed E-state index contributed by atoms with van der Waals surface area (Å²) in [6.07, 6.45) is 0. The van der Waals surface area contributed by atoms with Crippen LogP contribution in [0.15, 0.2) is 60.7 Å². The average molecular weight is 316 g/mol. The van der Waals surface area contributed by atoms with Crippen molar-refractivity contribution in [3.8, 4) is 0 Å². The molecular formula is C22H24N2. The normalized spacial score (nSPS) is 10.5. The molecule has 2 aromatic heterocycles. The molecule has 3 aromatic carbocycles. The summed E-state index contributed by atoms with van der Waals surface area (Å²) < 4.78 is 0. The van der Waals surface area contributed by atoms with Crippen LogP contribution in [0.4, 0.5) is 0 Å². The summed E-state index contributed by atoms with van der Waals surface area (Å²) in [7, 11) is 0. The third-order valence-electron chi connectivity index (χ3n) is 4.13. The zero-order chi connectivity index (χ0) is 17.1. The maximum atomic E-state index is 3.51. The van der Waals surface area contributed by atoms with Crippen LogP contribution in [0.1, 0.15) is 27.7 Å². The second-order valence-electron chi connectivity index (χ2n) is 5.28. The maximum Gasteiger partial charge on any atom is 0.0472 e. The molecule has 2 N–H and O–H groups in total. The molecule has 122 valence electrons. The van der Waals surface area contributed by atoms with Gasteiger partial charge in [0.1, 0.15) is 0 Å². The van der Waals surface area contributed by atoms with E-state index in [2.05, 4.69) is 70.6 Å². The molecule has 0 aliphatic carbocycles. The second-order valence-corrected chi connectivity index (χ2v) is 5.28. The number of nitrogens with one attached hydrogen (secondary N) is 2. The first kappa shape index (κ1) is 16.1. The van der Waals surface area contributed by atoms with E-state index in [1.807, 2.05) is 27.7 Å². The van der Waals surface area contributed by atoms with Crippen LogP contribution in [-0.2, 0) is 0 Å². The summed E-state index contributed by atoms with van der Waals surface area (Å²) in [6.45, 7) is 8.00. The van der Waals surface area contributed by atoms with Gasteiger partial charge in [0.15, 0.2) is 0 Å². The van der Waals surface area contributed by atoms with Crippen molar-refractivity contribution >= 4 is 43.6 Å². The molecule has 0 spiro atoms. The van der Waals surface area contributed by atoms with Gasteiger partial charge in [0, 0.05) is 43.6 Å². The van der Waals surface area contributed by atoms with Crippen molar-refractivity contribution in [1.29, 1.82) is 0 Å². The van der Waals surface area contributed by atoms with Crippen LogP contribution in [0, 0.1) is 0 Å². The highest BCUT2D eigenvalue weighted by molar-refractivity contribution is 6.16. The summed E-state index contributed by atoms with van der Waals surface area (Å²) in [4.78, 5) is 7.02.